The van der Waals surface area contributed by atoms with Crippen LogP contribution in [0.25, 0.3) is 12.2 Å². The van der Waals surface area contributed by atoms with Gasteiger partial charge in [0, 0.05) is 74.7 Å². The number of carbonyl (C=O) groups excluding carboxylic acids is 1. The second-order valence-corrected chi connectivity index (χ2v) is 9.76. The van der Waals surface area contributed by atoms with Crippen LogP contribution >= 0.6 is 0 Å². The van der Waals surface area contributed by atoms with Crippen molar-refractivity contribution in [3.05, 3.63) is 46.1 Å². The number of fused-ring (bicyclic) bond motifs is 3. The summed E-state index contributed by atoms with van der Waals surface area (Å²) in [4.78, 5) is 32.0. The second-order valence-electron chi connectivity index (χ2n) is 9.76. The van der Waals surface area contributed by atoms with E-state index in [4.69, 9.17) is 0 Å². The number of nitrogens with zero attached hydrogens (tertiary/aromatic N) is 5. The van der Waals surface area contributed by atoms with Crippen molar-refractivity contribution in [1.82, 2.24) is 29.7 Å². The molecule has 0 radical (unpaired) electrons. The number of amides is 1. The zero-order chi connectivity index (χ0) is 21.5. The number of carbonyl (C=O) groups is 1. The third-order valence-corrected chi connectivity index (χ3v) is 7.89. The maximum Gasteiger partial charge on any atom is 0.236 e. The van der Waals surface area contributed by atoms with Crippen LogP contribution in [0.2, 0.25) is 0 Å². The van der Waals surface area contributed by atoms with Gasteiger partial charge in [-0.05, 0) is 42.0 Å². The molecule has 7 heteroatoms. The summed E-state index contributed by atoms with van der Waals surface area (Å²) < 4.78 is 0. The lowest BCUT2D eigenvalue weighted by Gasteiger charge is -2.43. The van der Waals surface area contributed by atoms with Crippen molar-refractivity contribution < 1.29 is 4.79 Å². The quantitative estimate of drug-likeness (QED) is 0.767. The first kappa shape index (κ1) is 20.1. The van der Waals surface area contributed by atoms with E-state index in [0.29, 0.717) is 18.4 Å². The highest BCUT2D eigenvalue weighted by Crippen LogP contribution is 2.26. The number of hydrogen-bond donors (Lipinski definition) is 1. The summed E-state index contributed by atoms with van der Waals surface area (Å²) in [6, 6.07) is 0.786. The SMILES string of the molecule is O=C(CN1CCc2c([nH]c3c2=CCC(c2cncnc2)C=3)C1)N1CCN(C2CCC2)CC1. The van der Waals surface area contributed by atoms with E-state index in [0.717, 1.165) is 63.7 Å². The Morgan fingerprint density at radius 1 is 1.09 bits per heavy atom. The normalized spacial score (nSPS) is 24.1. The molecule has 0 spiro atoms. The maximum atomic E-state index is 13.0. The van der Waals surface area contributed by atoms with Gasteiger partial charge in [0.15, 0.2) is 0 Å². The van der Waals surface area contributed by atoms with Crippen molar-refractivity contribution in [1.29, 1.82) is 0 Å². The molecule has 1 saturated heterocycles. The van der Waals surface area contributed by atoms with Gasteiger partial charge in [0.1, 0.15) is 6.33 Å². The van der Waals surface area contributed by atoms with Crippen LogP contribution in [0.5, 0.6) is 0 Å². The highest BCUT2D eigenvalue weighted by Gasteiger charge is 2.30. The molecule has 0 bridgehead atoms. The van der Waals surface area contributed by atoms with Crippen LogP contribution in [-0.4, -0.2) is 80.9 Å². The summed E-state index contributed by atoms with van der Waals surface area (Å²) in [6.07, 6.45) is 16.2. The van der Waals surface area contributed by atoms with Crippen LogP contribution in [0.3, 0.4) is 0 Å². The molecule has 1 saturated carbocycles. The van der Waals surface area contributed by atoms with E-state index in [-0.39, 0.29) is 0 Å². The summed E-state index contributed by atoms with van der Waals surface area (Å²) in [7, 11) is 0. The van der Waals surface area contributed by atoms with Gasteiger partial charge in [-0.3, -0.25) is 14.6 Å². The van der Waals surface area contributed by atoms with E-state index in [2.05, 4.69) is 41.8 Å². The van der Waals surface area contributed by atoms with Gasteiger partial charge in [0.05, 0.1) is 6.54 Å². The summed E-state index contributed by atoms with van der Waals surface area (Å²) in [6.45, 7) is 6.18. The molecule has 32 heavy (non-hydrogen) atoms. The van der Waals surface area contributed by atoms with Crippen molar-refractivity contribution in [2.75, 3.05) is 39.3 Å². The fourth-order valence-corrected chi connectivity index (χ4v) is 5.75. The van der Waals surface area contributed by atoms with Crippen molar-refractivity contribution in [3.8, 4) is 0 Å². The number of H-pyrrole nitrogens is 1. The molecule has 1 N–H and O–H groups in total. The van der Waals surface area contributed by atoms with E-state index in [1.165, 1.54) is 41.1 Å². The smallest absolute Gasteiger partial charge is 0.236 e. The summed E-state index contributed by atoms with van der Waals surface area (Å²) in [5.41, 5.74) is 3.88. The second kappa shape index (κ2) is 8.45. The molecule has 7 nitrogen and oxygen atoms in total. The van der Waals surface area contributed by atoms with Crippen molar-refractivity contribution in [2.24, 2.45) is 0 Å². The van der Waals surface area contributed by atoms with Crippen LogP contribution in [0, 0.1) is 0 Å². The topological polar surface area (TPSA) is 68.4 Å². The molecule has 1 unspecified atom stereocenters. The molecule has 4 heterocycles. The highest BCUT2D eigenvalue weighted by molar-refractivity contribution is 5.78. The zero-order valence-corrected chi connectivity index (χ0v) is 18.7. The third kappa shape index (κ3) is 3.77. The van der Waals surface area contributed by atoms with E-state index in [9.17, 15) is 4.79 Å². The summed E-state index contributed by atoms with van der Waals surface area (Å²) >= 11 is 0. The monoisotopic (exact) mass is 432 g/mol. The standard InChI is InChI=1S/C25H32N6O/c32-25(31-10-8-30(9-11-31)20-2-1-3-20)16-29-7-6-22-21-5-4-18(19-13-26-17-27-14-19)12-23(21)28-24(22)15-29/h5,12-14,17-18,20,28H,1-4,6-11,15-16H2. The molecule has 1 atom stereocenters. The van der Waals surface area contributed by atoms with Crippen molar-refractivity contribution in [2.45, 2.75) is 50.6 Å². The first-order valence-electron chi connectivity index (χ1n) is 12.2. The van der Waals surface area contributed by atoms with Gasteiger partial charge in [-0.15, -0.1) is 0 Å². The van der Waals surface area contributed by atoms with Gasteiger partial charge in [0.2, 0.25) is 5.91 Å². The molecule has 2 aliphatic carbocycles. The summed E-state index contributed by atoms with van der Waals surface area (Å²) in [5, 5.41) is 2.58. The Bertz CT molecular complexity index is 1100. The molecule has 4 aliphatic rings. The average Bonchev–Trinajstić information content (AvgIpc) is 3.16. The first-order valence-corrected chi connectivity index (χ1v) is 12.2. The molecule has 6 rings (SSSR count). The average molecular weight is 433 g/mol. The van der Waals surface area contributed by atoms with Gasteiger partial charge in [-0.25, -0.2) is 9.97 Å². The molecule has 1 amide bonds. The summed E-state index contributed by atoms with van der Waals surface area (Å²) in [5.74, 6) is 0.611. The minimum atomic E-state index is 0.292. The molecule has 2 fully saturated rings. The Morgan fingerprint density at radius 3 is 2.66 bits per heavy atom. The number of aromatic nitrogens is 3. The Kier molecular flexibility index (Phi) is 5.31. The van der Waals surface area contributed by atoms with Crippen LogP contribution < -0.4 is 10.6 Å². The molecule has 2 aromatic rings. The highest BCUT2D eigenvalue weighted by atomic mass is 16.2. The molecular formula is C25H32N6O. The Balaban J connectivity index is 1.10. The Labute approximate surface area is 188 Å². The van der Waals surface area contributed by atoms with Crippen LogP contribution in [0.1, 0.15) is 48.4 Å². The van der Waals surface area contributed by atoms with Gasteiger partial charge in [0.25, 0.3) is 0 Å². The van der Waals surface area contributed by atoms with Gasteiger partial charge >= 0.3 is 0 Å². The lowest BCUT2D eigenvalue weighted by Crippen LogP contribution is -2.55. The third-order valence-electron chi connectivity index (χ3n) is 7.89. The minimum Gasteiger partial charge on any atom is -0.357 e. The minimum absolute atomic E-state index is 0.292. The predicted molar refractivity (Wildman–Crippen MR) is 123 cm³/mol. The van der Waals surface area contributed by atoms with Crippen LogP contribution in [0.15, 0.2) is 18.7 Å². The number of hydrogen-bond acceptors (Lipinski definition) is 5. The lowest BCUT2D eigenvalue weighted by molar-refractivity contribution is -0.135. The molecule has 168 valence electrons. The fraction of sp³-hybridized carbons (Fsp3) is 0.560. The van der Waals surface area contributed by atoms with Gasteiger partial charge in [-0.2, -0.15) is 0 Å². The fourth-order valence-electron chi connectivity index (χ4n) is 5.75. The first-order chi connectivity index (χ1) is 15.7. The largest absolute Gasteiger partial charge is 0.357 e. The van der Waals surface area contributed by atoms with Crippen molar-refractivity contribution >= 4 is 18.1 Å². The maximum absolute atomic E-state index is 13.0. The van der Waals surface area contributed by atoms with Gasteiger partial charge in [-0.1, -0.05) is 18.6 Å². The van der Waals surface area contributed by atoms with E-state index in [1.807, 2.05) is 12.4 Å². The van der Waals surface area contributed by atoms with E-state index < -0.39 is 0 Å². The van der Waals surface area contributed by atoms with E-state index in [1.54, 1.807) is 6.33 Å². The number of nitrogens with one attached hydrogen (secondary N) is 1. The predicted octanol–water partition coefficient (Wildman–Crippen LogP) is 0.608. The number of piperazine rings is 1. The molecule has 0 aromatic carbocycles. The van der Waals surface area contributed by atoms with E-state index >= 15 is 0 Å². The van der Waals surface area contributed by atoms with Crippen molar-refractivity contribution in [3.63, 3.8) is 0 Å². The van der Waals surface area contributed by atoms with Gasteiger partial charge < -0.3 is 9.88 Å². The number of rotatable bonds is 4. The molecular weight excluding hydrogens is 400 g/mol. The molecule has 2 aliphatic heterocycles. The van der Waals surface area contributed by atoms with Crippen LogP contribution in [-0.2, 0) is 17.8 Å². The lowest BCUT2D eigenvalue weighted by atomic mass is 9.91. The Hall–Kier alpha value is -2.51. The zero-order valence-electron chi connectivity index (χ0n) is 18.7. The Morgan fingerprint density at radius 2 is 1.91 bits per heavy atom. The number of aromatic amines is 1. The molecule has 2 aromatic heterocycles. The van der Waals surface area contributed by atoms with Crippen LogP contribution in [0.4, 0.5) is 0 Å².